The zero-order valence-electron chi connectivity index (χ0n) is 12.4. The first-order chi connectivity index (χ1) is 11.3. The number of phenolic OH excluding ortho intramolecular Hbond substituents is 1. The fourth-order valence-corrected chi connectivity index (χ4v) is 4.59. The van der Waals surface area contributed by atoms with Gasteiger partial charge in [0.25, 0.3) is 0 Å². The third kappa shape index (κ3) is 1.88. The number of nitrogens with zero attached hydrogens (tertiary/aromatic N) is 4. The van der Waals surface area contributed by atoms with Crippen LogP contribution in [0.3, 0.4) is 0 Å². The van der Waals surface area contributed by atoms with Crippen molar-refractivity contribution in [2.45, 2.75) is 25.7 Å². The highest BCUT2D eigenvalue weighted by Gasteiger charge is 2.21. The Kier molecular flexibility index (Phi) is 2.69. The van der Waals surface area contributed by atoms with E-state index in [4.69, 9.17) is 0 Å². The topological polar surface area (TPSA) is 63.3 Å². The molecule has 0 unspecified atom stereocenters. The Morgan fingerprint density at radius 3 is 2.74 bits per heavy atom. The number of fused-ring (bicyclic) bond motifs is 5. The molecule has 5 nitrogen and oxygen atoms in total. The summed E-state index contributed by atoms with van der Waals surface area (Å²) < 4.78 is 1.95. The third-order valence-electron chi connectivity index (χ3n) is 4.49. The van der Waals surface area contributed by atoms with Gasteiger partial charge in [0.05, 0.1) is 5.39 Å². The average Bonchev–Trinajstić information content (AvgIpc) is 3.16. The first-order valence-electron chi connectivity index (χ1n) is 7.74. The van der Waals surface area contributed by atoms with Gasteiger partial charge in [0, 0.05) is 10.4 Å². The molecule has 1 aromatic carbocycles. The van der Waals surface area contributed by atoms with Gasteiger partial charge in [-0.3, -0.25) is 4.40 Å². The van der Waals surface area contributed by atoms with Crippen molar-refractivity contribution in [1.82, 2.24) is 19.6 Å². The monoisotopic (exact) mass is 322 g/mol. The minimum absolute atomic E-state index is 0.245. The average molecular weight is 322 g/mol. The van der Waals surface area contributed by atoms with Gasteiger partial charge in [0.15, 0.2) is 11.5 Å². The Bertz CT molecular complexity index is 1030. The van der Waals surface area contributed by atoms with Gasteiger partial charge in [-0.2, -0.15) is 0 Å². The highest BCUT2D eigenvalue weighted by Crippen LogP contribution is 2.37. The van der Waals surface area contributed by atoms with Crippen LogP contribution in [0, 0.1) is 0 Å². The number of aryl methyl sites for hydroxylation is 2. The standard InChI is InChI=1S/C17H14N4OS/c22-11-7-5-10(6-8-11)15-19-20-16-14-12-3-1-2-4-13(12)23-17(14)18-9-21(15)16/h5-9,22H,1-4H2. The van der Waals surface area contributed by atoms with Crippen LogP contribution < -0.4 is 0 Å². The second-order valence-electron chi connectivity index (χ2n) is 5.90. The van der Waals surface area contributed by atoms with Crippen molar-refractivity contribution < 1.29 is 5.11 Å². The number of benzene rings is 1. The van der Waals surface area contributed by atoms with Gasteiger partial charge in [-0.1, -0.05) is 0 Å². The van der Waals surface area contributed by atoms with E-state index in [1.807, 2.05) is 22.9 Å². The van der Waals surface area contributed by atoms with Crippen LogP contribution in [0.5, 0.6) is 5.75 Å². The lowest BCUT2D eigenvalue weighted by Crippen LogP contribution is -1.99. The van der Waals surface area contributed by atoms with Crippen LogP contribution in [0.4, 0.5) is 0 Å². The molecule has 1 N–H and O–H groups in total. The number of thiophene rings is 1. The number of hydrogen-bond acceptors (Lipinski definition) is 5. The highest BCUT2D eigenvalue weighted by atomic mass is 32.1. The van der Waals surface area contributed by atoms with Crippen LogP contribution in [-0.4, -0.2) is 24.7 Å². The molecule has 114 valence electrons. The number of aromatic hydroxyl groups is 1. The molecule has 0 atom stereocenters. The molecule has 0 spiro atoms. The fraction of sp³-hybridized carbons (Fsp3) is 0.235. The molecule has 0 aliphatic heterocycles. The molecule has 1 aliphatic rings. The second kappa shape index (κ2) is 4.76. The quantitative estimate of drug-likeness (QED) is 0.582. The molecule has 0 saturated carbocycles. The Morgan fingerprint density at radius 2 is 1.87 bits per heavy atom. The van der Waals surface area contributed by atoms with Gasteiger partial charge in [0.2, 0.25) is 0 Å². The first-order valence-corrected chi connectivity index (χ1v) is 8.56. The van der Waals surface area contributed by atoms with Crippen LogP contribution >= 0.6 is 11.3 Å². The lowest BCUT2D eigenvalue weighted by Gasteiger charge is -2.10. The Morgan fingerprint density at radius 1 is 1.04 bits per heavy atom. The van der Waals surface area contributed by atoms with Gasteiger partial charge in [-0.15, -0.1) is 21.5 Å². The molecule has 0 radical (unpaired) electrons. The predicted octanol–water partition coefficient (Wildman–Crippen LogP) is 3.59. The lowest BCUT2D eigenvalue weighted by atomic mass is 9.97. The summed E-state index contributed by atoms with van der Waals surface area (Å²) in [4.78, 5) is 7.17. The number of aromatic nitrogens is 4. The zero-order valence-corrected chi connectivity index (χ0v) is 13.2. The van der Waals surface area contributed by atoms with Crippen molar-refractivity contribution in [2.24, 2.45) is 0 Å². The van der Waals surface area contributed by atoms with Crippen molar-refractivity contribution in [3.63, 3.8) is 0 Å². The van der Waals surface area contributed by atoms with E-state index < -0.39 is 0 Å². The molecular weight excluding hydrogens is 308 g/mol. The fourth-order valence-electron chi connectivity index (χ4n) is 3.36. The van der Waals surface area contributed by atoms with Gasteiger partial charge in [-0.05, 0) is 55.5 Å². The minimum Gasteiger partial charge on any atom is -0.508 e. The molecule has 6 heteroatoms. The summed E-state index contributed by atoms with van der Waals surface area (Å²) in [5.41, 5.74) is 3.22. The maximum atomic E-state index is 9.46. The van der Waals surface area contributed by atoms with Crippen molar-refractivity contribution in [3.05, 3.63) is 41.0 Å². The largest absolute Gasteiger partial charge is 0.508 e. The Hall–Kier alpha value is -2.47. The summed E-state index contributed by atoms with van der Waals surface area (Å²) in [6.45, 7) is 0. The summed E-state index contributed by atoms with van der Waals surface area (Å²) in [6, 6.07) is 7.02. The van der Waals surface area contributed by atoms with Crippen LogP contribution in [0.2, 0.25) is 0 Å². The smallest absolute Gasteiger partial charge is 0.172 e. The van der Waals surface area contributed by atoms with Crippen molar-refractivity contribution in [3.8, 4) is 17.1 Å². The van der Waals surface area contributed by atoms with Gasteiger partial charge < -0.3 is 5.11 Å². The molecule has 0 amide bonds. The minimum atomic E-state index is 0.245. The summed E-state index contributed by atoms with van der Waals surface area (Å²) in [7, 11) is 0. The molecule has 1 aliphatic carbocycles. The van der Waals surface area contributed by atoms with E-state index in [-0.39, 0.29) is 5.75 Å². The lowest BCUT2D eigenvalue weighted by molar-refractivity contribution is 0.475. The zero-order chi connectivity index (χ0) is 15.4. The number of hydrogen-bond donors (Lipinski definition) is 1. The van der Waals surface area contributed by atoms with Crippen molar-refractivity contribution in [1.29, 1.82) is 0 Å². The summed E-state index contributed by atoms with van der Waals surface area (Å²) in [5, 5.41) is 19.4. The van der Waals surface area contributed by atoms with Crippen LogP contribution in [0.15, 0.2) is 30.6 Å². The van der Waals surface area contributed by atoms with E-state index in [0.717, 1.165) is 34.7 Å². The normalized spacial score (nSPS) is 14.4. The molecule has 0 fully saturated rings. The predicted molar refractivity (Wildman–Crippen MR) is 89.9 cm³/mol. The van der Waals surface area contributed by atoms with E-state index in [1.54, 1.807) is 23.5 Å². The van der Waals surface area contributed by atoms with E-state index in [2.05, 4.69) is 15.2 Å². The highest BCUT2D eigenvalue weighted by molar-refractivity contribution is 7.19. The third-order valence-corrected chi connectivity index (χ3v) is 5.69. The van der Waals surface area contributed by atoms with Crippen molar-refractivity contribution in [2.75, 3.05) is 0 Å². The summed E-state index contributed by atoms with van der Waals surface area (Å²) in [5.74, 6) is 1.00. The summed E-state index contributed by atoms with van der Waals surface area (Å²) >= 11 is 1.80. The Balaban J connectivity index is 1.79. The molecule has 0 bridgehead atoms. The van der Waals surface area contributed by atoms with E-state index in [1.165, 1.54) is 28.7 Å². The summed E-state index contributed by atoms with van der Waals surface area (Å²) in [6.07, 6.45) is 6.57. The molecular formula is C17H14N4OS. The first kappa shape index (κ1) is 13.0. The second-order valence-corrected chi connectivity index (χ2v) is 6.98. The molecule has 23 heavy (non-hydrogen) atoms. The molecule has 3 heterocycles. The van der Waals surface area contributed by atoms with Crippen LogP contribution in [-0.2, 0) is 12.8 Å². The molecule has 4 aromatic rings. The van der Waals surface area contributed by atoms with E-state index >= 15 is 0 Å². The van der Waals surface area contributed by atoms with E-state index in [9.17, 15) is 5.11 Å². The maximum absolute atomic E-state index is 9.46. The van der Waals surface area contributed by atoms with Crippen LogP contribution in [0.1, 0.15) is 23.3 Å². The Labute approximate surface area is 136 Å². The molecule has 0 saturated heterocycles. The molecule has 3 aromatic heterocycles. The van der Waals surface area contributed by atoms with Crippen molar-refractivity contribution >= 4 is 27.2 Å². The number of rotatable bonds is 1. The number of phenols is 1. The van der Waals surface area contributed by atoms with Gasteiger partial charge >= 0.3 is 0 Å². The van der Waals surface area contributed by atoms with Gasteiger partial charge in [0.1, 0.15) is 16.9 Å². The SMILES string of the molecule is Oc1ccc(-c2nnc3c4c5c(sc4ncn23)CCCC5)cc1. The van der Waals surface area contributed by atoms with Crippen LogP contribution in [0.25, 0.3) is 27.3 Å². The molecule has 5 rings (SSSR count). The van der Waals surface area contributed by atoms with E-state index in [0.29, 0.717) is 0 Å². The maximum Gasteiger partial charge on any atom is 0.172 e. The van der Waals surface area contributed by atoms with Gasteiger partial charge in [-0.25, -0.2) is 4.98 Å².